The minimum absolute atomic E-state index is 0.0123. The molecule has 1 aromatic rings. The van der Waals surface area contributed by atoms with Crippen LogP contribution in [-0.2, 0) is 9.59 Å². The van der Waals surface area contributed by atoms with Crippen molar-refractivity contribution >= 4 is 11.7 Å². The molecule has 0 aliphatic rings. The van der Waals surface area contributed by atoms with Crippen LogP contribution < -0.4 is 10.1 Å². The van der Waals surface area contributed by atoms with Crippen molar-refractivity contribution in [2.75, 3.05) is 13.2 Å². The molecule has 0 aliphatic carbocycles. The van der Waals surface area contributed by atoms with Crippen molar-refractivity contribution in [1.82, 2.24) is 5.32 Å². The number of benzene rings is 1. The lowest BCUT2D eigenvalue weighted by molar-refractivity contribution is -0.126. The molecular weight excluding hydrogens is 278 g/mol. The van der Waals surface area contributed by atoms with E-state index in [9.17, 15) is 9.59 Å². The number of unbranched alkanes of at least 4 members (excludes halogenated alkanes) is 4. The first-order valence-electron chi connectivity index (χ1n) is 8.10. The number of para-hydroxylation sites is 1. The van der Waals surface area contributed by atoms with Gasteiger partial charge in [0, 0.05) is 6.42 Å². The quantitative estimate of drug-likeness (QED) is 0.637. The van der Waals surface area contributed by atoms with E-state index >= 15 is 0 Å². The molecule has 0 radical (unpaired) electrons. The second kappa shape index (κ2) is 10.8. The summed E-state index contributed by atoms with van der Waals surface area (Å²) in [6.45, 7) is 4.12. The largest absolute Gasteiger partial charge is 0.485 e. The summed E-state index contributed by atoms with van der Waals surface area (Å²) in [6, 6.07) is 7.55. The Hall–Kier alpha value is -1.84. The first-order chi connectivity index (χ1) is 10.6. The first kappa shape index (κ1) is 18.2. The van der Waals surface area contributed by atoms with Crippen LogP contribution in [0.4, 0.5) is 0 Å². The summed E-state index contributed by atoms with van der Waals surface area (Å²) in [5.41, 5.74) is 0.992. The number of amides is 1. The van der Waals surface area contributed by atoms with Gasteiger partial charge in [-0.05, 0) is 25.0 Å². The Bertz CT molecular complexity index is 471. The molecule has 4 heteroatoms. The fourth-order valence-electron chi connectivity index (χ4n) is 2.10. The highest BCUT2D eigenvalue weighted by Gasteiger charge is 2.07. The standard InChI is InChI=1S/C18H27NO3/c1-3-4-5-6-7-12-18(21)19-13-16(20)14-22-17-11-9-8-10-15(17)2/h8-11H,3-7,12-14H2,1-2H3,(H,19,21). The van der Waals surface area contributed by atoms with Crippen molar-refractivity contribution in [2.45, 2.75) is 52.4 Å². The average Bonchev–Trinajstić information content (AvgIpc) is 2.52. The van der Waals surface area contributed by atoms with E-state index in [4.69, 9.17) is 4.74 Å². The van der Waals surface area contributed by atoms with Gasteiger partial charge in [-0.1, -0.05) is 50.8 Å². The van der Waals surface area contributed by atoms with Crippen LogP contribution in [0.2, 0.25) is 0 Å². The number of hydrogen-bond acceptors (Lipinski definition) is 3. The van der Waals surface area contributed by atoms with Crippen LogP contribution in [0.15, 0.2) is 24.3 Å². The van der Waals surface area contributed by atoms with Crippen molar-refractivity contribution in [1.29, 1.82) is 0 Å². The number of carbonyl (C=O) groups is 2. The van der Waals surface area contributed by atoms with E-state index < -0.39 is 0 Å². The third kappa shape index (κ3) is 7.81. The number of rotatable bonds is 11. The van der Waals surface area contributed by atoms with E-state index in [0.717, 1.165) is 18.4 Å². The molecular formula is C18H27NO3. The fourth-order valence-corrected chi connectivity index (χ4v) is 2.10. The molecule has 1 aromatic carbocycles. The topological polar surface area (TPSA) is 55.4 Å². The van der Waals surface area contributed by atoms with Gasteiger partial charge in [-0.2, -0.15) is 0 Å². The van der Waals surface area contributed by atoms with Crippen molar-refractivity contribution in [3.63, 3.8) is 0 Å². The number of nitrogens with one attached hydrogen (secondary N) is 1. The van der Waals surface area contributed by atoms with E-state index in [1.54, 1.807) is 0 Å². The highest BCUT2D eigenvalue weighted by Crippen LogP contribution is 2.15. The molecule has 1 rings (SSSR count). The minimum Gasteiger partial charge on any atom is -0.485 e. The van der Waals surface area contributed by atoms with E-state index in [-0.39, 0.29) is 24.8 Å². The zero-order valence-electron chi connectivity index (χ0n) is 13.7. The molecule has 0 spiro atoms. The van der Waals surface area contributed by atoms with Crippen LogP contribution in [0.1, 0.15) is 51.0 Å². The Morgan fingerprint density at radius 1 is 1.09 bits per heavy atom. The molecule has 0 bridgehead atoms. The number of aryl methyl sites for hydroxylation is 1. The van der Waals surface area contributed by atoms with Gasteiger partial charge < -0.3 is 10.1 Å². The van der Waals surface area contributed by atoms with Crippen LogP contribution >= 0.6 is 0 Å². The SMILES string of the molecule is CCCCCCCC(=O)NCC(=O)COc1ccccc1C. The molecule has 22 heavy (non-hydrogen) atoms. The van der Waals surface area contributed by atoms with Crippen molar-refractivity contribution in [2.24, 2.45) is 0 Å². The van der Waals surface area contributed by atoms with Crippen LogP contribution in [0.3, 0.4) is 0 Å². The summed E-state index contributed by atoms with van der Waals surface area (Å²) >= 11 is 0. The van der Waals surface area contributed by atoms with Gasteiger partial charge in [0.2, 0.25) is 5.91 Å². The maximum absolute atomic E-state index is 11.7. The Kier molecular flexibility index (Phi) is 8.96. The van der Waals surface area contributed by atoms with Gasteiger partial charge in [0.25, 0.3) is 0 Å². The highest BCUT2D eigenvalue weighted by atomic mass is 16.5. The average molecular weight is 305 g/mol. The molecule has 122 valence electrons. The Morgan fingerprint density at radius 3 is 2.55 bits per heavy atom. The second-order valence-corrected chi connectivity index (χ2v) is 5.53. The Labute approximate surface area is 133 Å². The van der Waals surface area contributed by atoms with Crippen LogP contribution in [-0.4, -0.2) is 24.8 Å². The van der Waals surface area contributed by atoms with Crippen LogP contribution in [0.25, 0.3) is 0 Å². The predicted octanol–water partition coefficient (Wildman–Crippen LogP) is 3.42. The highest BCUT2D eigenvalue weighted by molar-refractivity contribution is 5.86. The predicted molar refractivity (Wildman–Crippen MR) is 88.1 cm³/mol. The molecule has 0 saturated heterocycles. The normalized spacial score (nSPS) is 10.3. The summed E-state index contributed by atoms with van der Waals surface area (Å²) in [4.78, 5) is 23.3. The third-order valence-electron chi connectivity index (χ3n) is 3.47. The molecule has 0 saturated carbocycles. The number of ether oxygens (including phenoxy) is 1. The van der Waals surface area contributed by atoms with E-state index in [1.807, 2.05) is 31.2 Å². The summed E-state index contributed by atoms with van der Waals surface area (Å²) in [5, 5.41) is 2.66. The number of ketones is 1. The summed E-state index contributed by atoms with van der Waals surface area (Å²) in [7, 11) is 0. The van der Waals surface area contributed by atoms with E-state index in [0.29, 0.717) is 12.2 Å². The van der Waals surface area contributed by atoms with Crippen LogP contribution in [0, 0.1) is 6.92 Å². The molecule has 0 aliphatic heterocycles. The second-order valence-electron chi connectivity index (χ2n) is 5.53. The molecule has 1 amide bonds. The van der Waals surface area contributed by atoms with E-state index in [2.05, 4.69) is 12.2 Å². The van der Waals surface area contributed by atoms with Gasteiger partial charge in [-0.3, -0.25) is 9.59 Å². The van der Waals surface area contributed by atoms with Gasteiger partial charge in [0.15, 0.2) is 5.78 Å². The smallest absolute Gasteiger partial charge is 0.220 e. The number of hydrogen-bond donors (Lipinski definition) is 1. The zero-order valence-corrected chi connectivity index (χ0v) is 13.7. The van der Waals surface area contributed by atoms with E-state index in [1.165, 1.54) is 19.3 Å². The molecule has 4 nitrogen and oxygen atoms in total. The maximum Gasteiger partial charge on any atom is 0.220 e. The molecule has 0 atom stereocenters. The lowest BCUT2D eigenvalue weighted by Crippen LogP contribution is -2.31. The summed E-state index contributed by atoms with van der Waals surface area (Å²) in [6.07, 6.45) is 6.05. The molecule has 0 unspecified atom stereocenters. The lowest BCUT2D eigenvalue weighted by atomic mass is 10.1. The third-order valence-corrected chi connectivity index (χ3v) is 3.47. The number of carbonyl (C=O) groups excluding carboxylic acids is 2. The van der Waals surface area contributed by atoms with Gasteiger partial charge >= 0.3 is 0 Å². The van der Waals surface area contributed by atoms with Crippen molar-refractivity contribution in [3.05, 3.63) is 29.8 Å². The lowest BCUT2D eigenvalue weighted by Gasteiger charge is -2.08. The van der Waals surface area contributed by atoms with Gasteiger partial charge in [0.05, 0.1) is 6.54 Å². The Morgan fingerprint density at radius 2 is 1.82 bits per heavy atom. The molecule has 1 N–H and O–H groups in total. The molecule has 0 heterocycles. The maximum atomic E-state index is 11.7. The Balaban J connectivity index is 2.12. The van der Waals surface area contributed by atoms with Crippen molar-refractivity contribution < 1.29 is 14.3 Å². The summed E-state index contributed by atoms with van der Waals surface area (Å²) in [5.74, 6) is 0.529. The fraction of sp³-hybridized carbons (Fsp3) is 0.556. The number of Topliss-reactive ketones (excluding diaryl/α,β-unsaturated/α-hetero) is 1. The van der Waals surface area contributed by atoms with Gasteiger partial charge in [0.1, 0.15) is 12.4 Å². The van der Waals surface area contributed by atoms with Gasteiger partial charge in [-0.15, -0.1) is 0 Å². The molecule has 0 fully saturated rings. The zero-order chi connectivity index (χ0) is 16.2. The molecule has 0 aromatic heterocycles. The van der Waals surface area contributed by atoms with Crippen LogP contribution in [0.5, 0.6) is 5.75 Å². The monoisotopic (exact) mass is 305 g/mol. The minimum atomic E-state index is -0.123. The van der Waals surface area contributed by atoms with Gasteiger partial charge in [-0.25, -0.2) is 0 Å². The van der Waals surface area contributed by atoms with Crippen molar-refractivity contribution in [3.8, 4) is 5.75 Å². The first-order valence-corrected chi connectivity index (χ1v) is 8.10. The summed E-state index contributed by atoms with van der Waals surface area (Å²) < 4.78 is 5.46.